The lowest BCUT2D eigenvalue weighted by atomic mass is 10.1. The first-order valence-electron chi connectivity index (χ1n) is 10.8. The van der Waals surface area contributed by atoms with Gasteiger partial charge in [0.2, 0.25) is 0 Å². The Morgan fingerprint density at radius 2 is 1.71 bits per heavy atom. The molecule has 0 saturated carbocycles. The largest absolute Gasteiger partial charge is 0.493 e. The van der Waals surface area contributed by atoms with Crippen molar-refractivity contribution >= 4 is 45.4 Å². The molecule has 0 spiro atoms. The first kappa shape index (κ1) is 21.8. The zero-order chi connectivity index (χ0) is 23.3. The normalized spacial score (nSPS) is 15.6. The SMILES string of the molecule is COc1cc(/C=C2/SC(=Nc3ccccc3)NC2=O)ccc1OCc1cccc2ccccc12. The summed E-state index contributed by atoms with van der Waals surface area (Å²) in [5.41, 5.74) is 2.74. The van der Waals surface area contributed by atoms with Gasteiger partial charge in [-0.2, -0.15) is 0 Å². The quantitative estimate of drug-likeness (QED) is 0.338. The van der Waals surface area contributed by atoms with Crippen LogP contribution in [0.2, 0.25) is 0 Å². The number of nitrogens with zero attached hydrogens (tertiary/aromatic N) is 1. The molecule has 5 rings (SSSR count). The molecule has 4 aromatic carbocycles. The summed E-state index contributed by atoms with van der Waals surface area (Å²) < 4.78 is 11.7. The van der Waals surface area contributed by atoms with Crippen LogP contribution in [-0.2, 0) is 11.4 Å². The molecular formula is C28H22N2O3S. The third-order valence-corrected chi connectivity index (χ3v) is 6.30. The van der Waals surface area contributed by atoms with E-state index in [1.807, 2.05) is 72.8 Å². The molecule has 0 radical (unpaired) electrons. The van der Waals surface area contributed by atoms with Crippen molar-refractivity contribution in [2.24, 2.45) is 4.99 Å². The monoisotopic (exact) mass is 466 g/mol. The van der Waals surface area contributed by atoms with E-state index in [0.717, 1.165) is 16.8 Å². The molecular weight excluding hydrogens is 444 g/mol. The first-order valence-corrected chi connectivity index (χ1v) is 11.6. The first-order chi connectivity index (χ1) is 16.7. The molecule has 1 amide bonds. The molecule has 1 heterocycles. The van der Waals surface area contributed by atoms with Crippen molar-refractivity contribution in [3.05, 3.63) is 107 Å². The Labute approximate surface area is 202 Å². The Morgan fingerprint density at radius 3 is 2.56 bits per heavy atom. The van der Waals surface area contributed by atoms with Crippen molar-refractivity contribution in [2.75, 3.05) is 7.11 Å². The third-order valence-electron chi connectivity index (χ3n) is 5.39. The van der Waals surface area contributed by atoms with E-state index in [2.05, 4.69) is 34.6 Å². The average molecular weight is 467 g/mol. The maximum Gasteiger partial charge on any atom is 0.264 e. The highest BCUT2D eigenvalue weighted by Crippen LogP contribution is 2.33. The van der Waals surface area contributed by atoms with E-state index in [4.69, 9.17) is 9.47 Å². The summed E-state index contributed by atoms with van der Waals surface area (Å²) in [6.07, 6.45) is 1.82. The number of fused-ring (bicyclic) bond motifs is 1. The maximum absolute atomic E-state index is 12.4. The van der Waals surface area contributed by atoms with Crippen LogP contribution in [0, 0.1) is 0 Å². The topological polar surface area (TPSA) is 59.9 Å². The Hall–Kier alpha value is -4.03. The Bertz CT molecular complexity index is 1410. The van der Waals surface area contributed by atoms with Crippen LogP contribution in [0.3, 0.4) is 0 Å². The molecule has 1 N–H and O–H groups in total. The van der Waals surface area contributed by atoms with E-state index in [0.29, 0.717) is 28.2 Å². The Kier molecular flexibility index (Phi) is 6.31. The van der Waals surface area contributed by atoms with Crippen LogP contribution in [0.15, 0.2) is 101 Å². The van der Waals surface area contributed by atoms with Gasteiger partial charge in [-0.05, 0) is 64.0 Å². The van der Waals surface area contributed by atoms with Crippen LogP contribution in [0.1, 0.15) is 11.1 Å². The van der Waals surface area contributed by atoms with Gasteiger partial charge in [-0.3, -0.25) is 4.79 Å². The van der Waals surface area contributed by atoms with E-state index in [1.54, 1.807) is 7.11 Å². The van der Waals surface area contributed by atoms with Crippen molar-refractivity contribution in [1.82, 2.24) is 5.32 Å². The standard InChI is InChI=1S/C28H22N2O3S/c1-32-25-16-19(17-26-27(31)30-28(34-26)29-22-11-3-2-4-12-22)14-15-24(25)33-18-21-10-7-9-20-8-5-6-13-23(20)21/h2-17H,18H2,1H3,(H,29,30,31)/b26-17+. The molecule has 4 aromatic rings. The number of amidine groups is 1. The van der Waals surface area contributed by atoms with Gasteiger partial charge < -0.3 is 14.8 Å². The number of hydrogen-bond acceptors (Lipinski definition) is 5. The molecule has 0 bridgehead atoms. The van der Waals surface area contributed by atoms with E-state index < -0.39 is 0 Å². The number of hydrogen-bond donors (Lipinski definition) is 1. The van der Waals surface area contributed by atoms with Gasteiger partial charge in [0.05, 0.1) is 17.7 Å². The number of ether oxygens (including phenoxy) is 2. The zero-order valence-corrected chi connectivity index (χ0v) is 19.3. The number of carbonyl (C=O) groups excluding carboxylic acids is 1. The van der Waals surface area contributed by atoms with Gasteiger partial charge in [-0.15, -0.1) is 0 Å². The highest BCUT2D eigenvalue weighted by Gasteiger charge is 2.24. The van der Waals surface area contributed by atoms with Crippen molar-refractivity contribution in [3.63, 3.8) is 0 Å². The van der Waals surface area contributed by atoms with Gasteiger partial charge in [-0.1, -0.05) is 66.7 Å². The summed E-state index contributed by atoms with van der Waals surface area (Å²) in [4.78, 5) is 17.5. The molecule has 0 unspecified atom stereocenters. The smallest absolute Gasteiger partial charge is 0.264 e. The second-order valence-corrected chi connectivity index (χ2v) is 8.69. The number of amides is 1. The molecule has 1 saturated heterocycles. The molecule has 34 heavy (non-hydrogen) atoms. The molecule has 1 aliphatic heterocycles. The van der Waals surface area contributed by atoms with Crippen LogP contribution >= 0.6 is 11.8 Å². The number of thioether (sulfide) groups is 1. The predicted octanol–water partition coefficient (Wildman–Crippen LogP) is 6.32. The van der Waals surface area contributed by atoms with E-state index >= 15 is 0 Å². The summed E-state index contributed by atoms with van der Waals surface area (Å²) in [5, 5.41) is 5.72. The van der Waals surface area contributed by atoms with Crippen LogP contribution in [0.5, 0.6) is 11.5 Å². The molecule has 6 heteroatoms. The van der Waals surface area contributed by atoms with Crippen molar-refractivity contribution < 1.29 is 14.3 Å². The summed E-state index contributed by atoms with van der Waals surface area (Å²) in [7, 11) is 1.61. The highest BCUT2D eigenvalue weighted by molar-refractivity contribution is 8.18. The number of carbonyl (C=O) groups is 1. The van der Waals surface area contributed by atoms with Crippen LogP contribution in [0.4, 0.5) is 5.69 Å². The van der Waals surface area contributed by atoms with Gasteiger partial charge in [0.15, 0.2) is 16.7 Å². The fourth-order valence-electron chi connectivity index (χ4n) is 3.72. The lowest BCUT2D eigenvalue weighted by molar-refractivity contribution is -0.115. The van der Waals surface area contributed by atoms with Gasteiger partial charge >= 0.3 is 0 Å². The van der Waals surface area contributed by atoms with Crippen LogP contribution < -0.4 is 14.8 Å². The summed E-state index contributed by atoms with van der Waals surface area (Å²) in [6.45, 7) is 0.426. The minimum Gasteiger partial charge on any atom is -0.493 e. The van der Waals surface area contributed by atoms with Crippen LogP contribution in [0.25, 0.3) is 16.8 Å². The van der Waals surface area contributed by atoms with Gasteiger partial charge in [-0.25, -0.2) is 4.99 Å². The Morgan fingerprint density at radius 1 is 0.912 bits per heavy atom. The zero-order valence-electron chi connectivity index (χ0n) is 18.5. The molecule has 1 fully saturated rings. The van der Waals surface area contributed by atoms with Crippen molar-refractivity contribution in [2.45, 2.75) is 6.61 Å². The lowest BCUT2D eigenvalue weighted by Gasteiger charge is -2.13. The minimum absolute atomic E-state index is 0.171. The fraction of sp³-hybridized carbons (Fsp3) is 0.0714. The lowest BCUT2D eigenvalue weighted by Crippen LogP contribution is -2.19. The van der Waals surface area contributed by atoms with Crippen LogP contribution in [-0.4, -0.2) is 18.2 Å². The average Bonchev–Trinajstić information content (AvgIpc) is 3.21. The fourth-order valence-corrected chi connectivity index (χ4v) is 4.56. The maximum atomic E-state index is 12.4. The van der Waals surface area contributed by atoms with Crippen molar-refractivity contribution in [3.8, 4) is 11.5 Å². The summed E-state index contributed by atoms with van der Waals surface area (Å²) >= 11 is 1.31. The second kappa shape index (κ2) is 9.85. The minimum atomic E-state index is -0.171. The summed E-state index contributed by atoms with van der Waals surface area (Å²) in [5.74, 6) is 1.08. The van der Waals surface area contributed by atoms with Crippen molar-refractivity contribution in [1.29, 1.82) is 0 Å². The third kappa shape index (κ3) is 4.82. The van der Waals surface area contributed by atoms with Gasteiger partial charge in [0, 0.05) is 0 Å². The number of benzene rings is 4. The van der Waals surface area contributed by atoms with Gasteiger partial charge in [0.1, 0.15) is 6.61 Å². The number of para-hydroxylation sites is 1. The summed E-state index contributed by atoms with van der Waals surface area (Å²) in [6, 6.07) is 29.6. The Balaban J connectivity index is 1.33. The van der Waals surface area contributed by atoms with Gasteiger partial charge in [0.25, 0.3) is 5.91 Å². The van der Waals surface area contributed by atoms with E-state index in [-0.39, 0.29) is 5.91 Å². The highest BCUT2D eigenvalue weighted by atomic mass is 32.2. The molecule has 168 valence electrons. The number of nitrogens with one attached hydrogen (secondary N) is 1. The number of aliphatic imine (C=N–C) groups is 1. The molecule has 1 aliphatic rings. The number of rotatable bonds is 6. The molecule has 0 aliphatic carbocycles. The molecule has 0 aromatic heterocycles. The molecule has 5 nitrogen and oxygen atoms in total. The molecule has 0 atom stereocenters. The number of methoxy groups -OCH3 is 1. The second-order valence-electron chi connectivity index (χ2n) is 7.65. The van der Waals surface area contributed by atoms with E-state index in [1.165, 1.54) is 22.5 Å². The predicted molar refractivity (Wildman–Crippen MR) is 139 cm³/mol. The van der Waals surface area contributed by atoms with E-state index in [9.17, 15) is 4.79 Å².